The van der Waals surface area contributed by atoms with E-state index in [0.29, 0.717) is 6.04 Å². The van der Waals surface area contributed by atoms with Crippen molar-refractivity contribution in [3.8, 4) is 0 Å². The summed E-state index contributed by atoms with van der Waals surface area (Å²) in [6, 6.07) is 23.7. The van der Waals surface area contributed by atoms with Crippen molar-refractivity contribution in [3.05, 3.63) is 96.1 Å². The monoisotopic (exact) mass is 372 g/mol. The highest BCUT2D eigenvalue weighted by Crippen LogP contribution is 2.22. The van der Waals surface area contributed by atoms with Gasteiger partial charge in [-0.2, -0.15) is 0 Å². The topological polar surface area (TPSA) is 32.3 Å². The van der Waals surface area contributed by atoms with Gasteiger partial charge in [-0.15, -0.1) is 0 Å². The van der Waals surface area contributed by atoms with Crippen molar-refractivity contribution in [2.75, 3.05) is 13.1 Å². The van der Waals surface area contributed by atoms with Crippen molar-refractivity contribution < 1.29 is 0 Å². The second kappa shape index (κ2) is 9.58. The Kier molecular flexibility index (Phi) is 6.43. The number of benzene rings is 1. The van der Waals surface area contributed by atoms with Gasteiger partial charge in [-0.25, -0.2) is 0 Å². The average molecular weight is 373 g/mol. The van der Waals surface area contributed by atoms with Gasteiger partial charge in [0.2, 0.25) is 0 Å². The molecule has 0 aliphatic carbocycles. The van der Waals surface area contributed by atoms with Crippen LogP contribution in [0.4, 0.5) is 0 Å². The van der Waals surface area contributed by atoms with Gasteiger partial charge in [0.05, 0.1) is 11.4 Å². The van der Waals surface area contributed by atoms with E-state index in [1.807, 2.05) is 24.5 Å². The number of aromatic nitrogens is 2. The summed E-state index contributed by atoms with van der Waals surface area (Å²) in [5.41, 5.74) is 3.65. The van der Waals surface area contributed by atoms with E-state index in [-0.39, 0.29) is 0 Å². The first-order valence-corrected chi connectivity index (χ1v) is 10.2. The predicted octanol–water partition coefficient (Wildman–Crippen LogP) is 4.14. The summed E-state index contributed by atoms with van der Waals surface area (Å²) in [4.78, 5) is 14.2. The Hall–Kier alpha value is -2.56. The molecule has 3 heterocycles. The lowest BCUT2D eigenvalue weighted by atomic mass is 10.1. The van der Waals surface area contributed by atoms with Crippen LogP contribution in [0.3, 0.4) is 0 Å². The largest absolute Gasteiger partial charge is 0.293 e. The quantitative estimate of drug-likeness (QED) is 0.595. The third kappa shape index (κ3) is 5.24. The molecule has 0 N–H and O–H groups in total. The van der Waals surface area contributed by atoms with Gasteiger partial charge in [-0.3, -0.25) is 19.8 Å². The Morgan fingerprint density at radius 1 is 0.821 bits per heavy atom. The summed E-state index contributed by atoms with van der Waals surface area (Å²) >= 11 is 0. The number of rotatable bonds is 8. The van der Waals surface area contributed by atoms with E-state index >= 15 is 0 Å². The summed E-state index contributed by atoms with van der Waals surface area (Å²) < 4.78 is 0. The summed E-state index contributed by atoms with van der Waals surface area (Å²) in [7, 11) is 0. The molecule has 144 valence electrons. The first-order chi connectivity index (χ1) is 13.9. The zero-order valence-electron chi connectivity index (χ0n) is 16.3. The molecule has 0 bridgehead atoms. The molecule has 3 aromatic rings. The molecule has 1 saturated heterocycles. The van der Waals surface area contributed by atoms with Crippen molar-refractivity contribution in [3.63, 3.8) is 0 Å². The smallest absolute Gasteiger partial charge is 0.0544 e. The average Bonchev–Trinajstić information content (AvgIpc) is 3.17. The summed E-state index contributed by atoms with van der Waals surface area (Å²) in [5.74, 6) is 0. The minimum absolute atomic E-state index is 0.564. The normalized spacial score (nSPS) is 17.2. The van der Waals surface area contributed by atoms with E-state index in [4.69, 9.17) is 0 Å². The minimum atomic E-state index is 0.564. The van der Waals surface area contributed by atoms with Crippen molar-refractivity contribution in [2.45, 2.75) is 38.5 Å². The Labute approximate surface area is 167 Å². The number of nitrogens with zero attached hydrogens (tertiary/aromatic N) is 4. The van der Waals surface area contributed by atoms with Gasteiger partial charge in [0.25, 0.3) is 0 Å². The van der Waals surface area contributed by atoms with Gasteiger partial charge in [-0.1, -0.05) is 42.5 Å². The maximum atomic E-state index is 4.56. The fourth-order valence-corrected chi connectivity index (χ4v) is 4.06. The fourth-order valence-electron chi connectivity index (χ4n) is 4.06. The first-order valence-electron chi connectivity index (χ1n) is 10.2. The zero-order valence-corrected chi connectivity index (χ0v) is 16.3. The highest BCUT2D eigenvalue weighted by Gasteiger charge is 2.27. The minimum Gasteiger partial charge on any atom is -0.293 e. The van der Waals surface area contributed by atoms with Crippen LogP contribution in [0.2, 0.25) is 0 Å². The maximum absolute atomic E-state index is 4.56. The van der Waals surface area contributed by atoms with Gasteiger partial charge < -0.3 is 0 Å². The zero-order chi connectivity index (χ0) is 19.0. The summed E-state index contributed by atoms with van der Waals surface area (Å²) in [6.07, 6.45) is 6.29. The van der Waals surface area contributed by atoms with Gasteiger partial charge in [0, 0.05) is 44.6 Å². The lowest BCUT2D eigenvalue weighted by Gasteiger charge is -2.30. The molecule has 0 amide bonds. The maximum Gasteiger partial charge on any atom is 0.0544 e. The van der Waals surface area contributed by atoms with Crippen LogP contribution in [-0.2, 0) is 19.6 Å². The van der Waals surface area contributed by atoms with Crippen molar-refractivity contribution in [1.29, 1.82) is 0 Å². The van der Waals surface area contributed by atoms with Gasteiger partial charge in [0.15, 0.2) is 0 Å². The standard InChI is InChI=1S/C24H28N4/c1-2-9-21(10-3-1)17-27(18-22-11-4-6-14-25-22)20-24-13-8-16-28(24)19-23-12-5-7-15-26-23/h1-7,9-12,14-15,24H,8,13,16-20H2/t24-/m0/s1. The van der Waals surface area contributed by atoms with Crippen LogP contribution >= 0.6 is 0 Å². The number of hydrogen-bond donors (Lipinski definition) is 0. The molecule has 1 atom stereocenters. The van der Waals surface area contributed by atoms with Crippen LogP contribution in [-0.4, -0.2) is 38.9 Å². The molecule has 0 spiro atoms. The van der Waals surface area contributed by atoms with E-state index in [2.05, 4.69) is 74.4 Å². The predicted molar refractivity (Wildman–Crippen MR) is 112 cm³/mol. The van der Waals surface area contributed by atoms with Crippen LogP contribution < -0.4 is 0 Å². The SMILES string of the molecule is c1ccc(CN(Cc2ccccn2)C[C@@H]2CCCN2Cc2ccccn2)cc1. The molecule has 4 rings (SSSR count). The molecule has 4 nitrogen and oxygen atoms in total. The lowest BCUT2D eigenvalue weighted by molar-refractivity contribution is 0.154. The molecule has 4 heteroatoms. The molecule has 1 aliphatic rings. The molecule has 0 unspecified atom stereocenters. The van der Waals surface area contributed by atoms with E-state index in [1.165, 1.54) is 18.4 Å². The number of pyridine rings is 2. The Morgan fingerprint density at radius 2 is 1.54 bits per heavy atom. The molecule has 1 aromatic carbocycles. The van der Waals surface area contributed by atoms with Crippen molar-refractivity contribution in [2.24, 2.45) is 0 Å². The third-order valence-corrected chi connectivity index (χ3v) is 5.42. The molecular formula is C24H28N4. The highest BCUT2D eigenvalue weighted by atomic mass is 15.2. The fraction of sp³-hybridized carbons (Fsp3) is 0.333. The lowest BCUT2D eigenvalue weighted by Crippen LogP contribution is -2.39. The van der Waals surface area contributed by atoms with Gasteiger partial charge >= 0.3 is 0 Å². The van der Waals surface area contributed by atoms with Crippen LogP contribution in [0.15, 0.2) is 79.1 Å². The molecule has 0 saturated carbocycles. The van der Waals surface area contributed by atoms with E-state index in [9.17, 15) is 0 Å². The van der Waals surface area contributed by atoms with Gasteiger partial charge in [-0.05, 0) is 49.2 Å². The van der Waals surface area contributed by atoms with E-state index in [1.54, 1.807) is 0 Å². The third-order valence-electron chi connectivity index (χ3n) is 5.42. The second-order valence-corrected chi connectivity index (χ2v) is 7.56. The Balaban J connectivity index is 1.45. The molecule has 0 radical (unpaired) electrons. The van der Waals surface area contributed by atoms with Crippen LogP contribution in [0, 0.1) is 0 Å². The summed E-state index contributed by atoms with van der Waals surface area (Å²) in [5, 5.41) is 0. The van der Waals surface area contributed by atoms with Crippen molar-refractivity contribution in [1.82, 2.24) is 19.8 Å². The van der Waals surface area contributed by atoms with E-state index < -0.39 is 0 Å². The molecule has 28 heavy (non-hydrogen) atoms. The number of hydrogen-bond acceptors (Lipinski definition) is 4. The second-order valence-electron chi connectivity index (χ2n) is 7.56. The van der Waals surface area contributed by atoms with Crippen LogP contribution in [0.5, 0.6) is 0 Å². The molecular weight excluding hydrogens is 344 g/mol. The summed E-state index contributed by atoms with van der Waals surface area (Å²) in [6.45, 7) is 4.98. The molecule has 2 aromatic heterocycles. The van der Waals surface area contributed by atoms with Crippen LogP contribution in [0.1, 0.15) is 29.8 Å². The van der Waals surface area contributed by atoms with Crippen LogP contribution in [0.25, 0.3) is 0 Å². The number of likely N-dealkylation sites (tertiary alicyclic amines) is 1. The Bertz CT molecular complexity index is 781. The molecule has 1 aliphatic heterocycles. The van der Waals surface area contributed by atoms with Crippen molar-refractivity contribution >= 4 is 0 Å². The molecule has 1 fully saturated rings. The first kappa shape index (κ1) is 18.8. The highest BCUT2D eigenvalue weighted by molar-refractivity contribution is 5.15. The van der Waals surface area contributed by atoms with E-state index in [0.717, 1.165) is 44.1 Å². The van der Waals surface area contributed by atoms with Gasteiger partial charge in [0.1, 0.15) is 0 Å². The Morgan fingerprint density at radius 3 is 2.25 bits per heavy atom.